The largest absolute Gasteiger partial charge is 0.394 e. The number of amides is 1. The van der Waals surface area contributed by atoms with E-state index in [4.69, 9.17) is 0 Å². The molecular formula is C25H27NO3S. The quantitative estimate of drug-likeness (QED) is 0.454. The van der Waals surface area contributed by atoms with E-state index in [1.54, 1.807) is 11.8 Å². The third-order valence-electron chi connectivity index (χ3n) is 5.17. The van der Waals surface area contributed by atoms with E-state index in [0.717, 1.165) is 16.0 Å². The van der Waals surface area contributed by atoms with Crippen LogP contribution in [0.15, 0.2) is 89.8 Å². The fraction of sp³-hybridized carbons (Fsp3) is 0.240. The van der Waals surface area contributed by atoms with Crippen molar-refractivity contribution in [2.75, 3.05) is 12.9 Å². The zero-order valence-corrected chi connectivity index (χ0v) is 17.8. The maximum atomic E-state index is 12.9. The lowest BCUT2D eigenvalue weighted by Gasteiger charge is -2.24. The van der Waals surface area contributed by atoms with Crippen molar-refractivity contribution < 1.29 is 15.0 Å². The smallest absolute Gasteiger partial charge is 0.221 e. The molecule has 3 rings (SSSR count). The van der Waals surface area contributed by atoms with Crippen molar-refractivity contribution in [1.82, 2.24) is 5.32 Å². The number of carbonyl (C=O) groups excluding carboxylic acids is 1. The van der Waals surface area contributed by atoms with Crippen LogP contribution in [0.3, 0.4) is 0 Å². The van der Waals surface area contributed by atoms with Gasteiger partial charge in [-0.3, -0.25) is 4.79 Å². The minimum absolute atomic E-state index is 0.107. The molecule has 0 unspecified atom stereocenters. The molecule has 3 aromatic rings. The second-order valence-electron chi connectivity index (χ2n) is 7.15. The number of rotatable bonds is 9. The lowest BCUT2D eigenvalue weighted by molar-refractivity contribution is -0.123. The van der Waals surface area contributed by atoms with Gasteiger partial charge in [0.05, 0.1) is 12.6 Å². The number of aliphatic hydroxyl groups excluding tert-OH is 2. The summed E-state index contributed by atoms with van der Waals surface area (Å²) in [6, 6.07) is 26.5. The Morgan fingerprint density at radius 3 is 1.87 bits per heavy atom. The number of benzene rings is 3. The molecule has 4 nitrogen and oxygen atoms in total. The third kappa shape index (κ3) is 5.72. The summed E-state index contributed by atoms with van der Waals surface area (Å²) in [6.07, 6.45) is 1.22. The number of carbonyl (C=O) groups is 1. The molecule has 0 heterocycles. The van der Waals surface area contributed by atoms with E-state index < -0.39 is 12.1 Å². The lowest BCUT2D eigenvalue weighted by Crippen LogP contribution is -2.42. The van der Waals surface area contributed by atoms with Gasteiger partial charge in [-0.2, -0.15) is 0 Å². The molecule has 0 aliphatic carbocycles. The van der Waals surface area contributed by atoms with Gasteiger partial charge in [0.25, 0.3) is 0 Å². The van der Waals surface area contributed by atoms with E-state index in [1.807, 2.05) is 91.2 Å². The van der Waals surface area contributed by atoms with E-state index in [9.17, 15) is 15.0 Å². The summed E-state index contributed by atoms with van der Waals surface area (Å²) in [5, 5.41) is 23.3. The van der Waals surface area contributed by atoms with Gasteiger partial charge < -0.3 is 15.5 Å². The van der Waals surface area contributed by atoms with E-state index in [1.165, 1.54) is 0 Å². The molecule has 0 fully saturated rings. The molecule has 0 saturated heterocycles. The molecule has 0 radical (unpaired) electrons. The highest BCUT2D eigenvalue weighted by atomic mass is 32.2. The van der Waals surface area contributed by atoms with Crippen LogP contribution in [0.25, 0.3) is 0 Å². The molecule has 30 heavy (non-hydrogen) atoms. The Morgan fingerprint density at radius 2 is 1.40 bits per heavy atom. The Kier molecular flexibility index (Phi) is 8.08. The average Bonchev–Trinajstić information content (AvgIpc) is 2.81. The lowest BCUT2D eigenvalue weighted by atomic mass is 9.88. The minimum atomic E-state index is -0.984. The molecule has 1 amide bonds. The first kappa shape index (κ1) is 22.1. The predicted molar refractivity (Wildman–Crippen MR) is 122 cm³/mol. The van der Waals surface area contributed by atoms with Crippen LogP contribution in [0, 0.1) is 0 Å². The summed E-state index contributed by atoms with van der Waals surface area (Å²) in [6.45, 7) is -0.349. The molecule has 0 saturated carbocycles. The second kappa shape index (κ2) is 11.0. The molecule has 3 N–H and O–H groups in total. The maximum Gasteiger partial charge on any atom is 0.221 e. The van der Waals surface area contributed by atoms with E-state index in [0.29, 0.717) is 5.56 Å². The standard InChI is InChI=1S/C25H27NO3S/c1-30-21-14-12-20(13-15-21)25(29)23(17-27)26-24(28)16-22(18-8-4-2-5-9-18)19-10-6-3-7-11-19/h2-15,22-23,25,27,29H,16-17H2,1H3,(H,26,28)/t23-,25-/m0/s1. The first-order valence-electron chi connectivity index (χ1n) is 9.94. The predicted octanol–water partition coefficient (Wildman–Crippen LogP) is 4.14. The van der Waals surface area contributed by atoms with Crippen molar-refractivity contribution in [3.63, 3.8) is 0 Å². The molecule has 3 aromatic carbocycles. The molecule has 2 atom stereocenters. The van der Waals surface area contributed by atoms with E-state index in [-0.39, 0.29) is 24.9 Å². The normalized spacial score (nSPS) is 13.1. The van der Waals surface area contributed by atoms with E-state index in [2.05, 4.69) is 5.32 Å². The van der Waals surface area contributed by atoms with Gasteiger partial charge in [0.2, 0.25) is 5.91 Å². The van der Waals surface area contributed by atoms with Gasteiger partial charge in [-0.15, -0.1) is 11.8 Å². The first-order chi connectivity index (χ1) is 14.6. The second-order valence-corrected chi connectivity index (χ2v) is 8.03. The van der Waals surface area contributed by atoms with Crippen molar-refractivity contribution in [1.29, 1.82) is 0 Å². The Bertz CT molecular complexity index is 877. The van der Waals surface area contributed by atoms with Crippen LogP contribution in [0.2, 0.25) is 0 Å². The summed E-state index contributed by atoms with van der Waals surface area (Å²) < 4.78 is 0. The van der Waals surface area contributed by atoms with Gasteiger partial charge in [-0.25, -0.2) is 0 Å². The highest BCUT2D eigenvalue weighted by Gasteiger charge is 2.25. The Balaban J connectivity index is 1.73. The molecule has 0 aliphatic heterocycles. The Labute approximate surface area is 182 Å². The molecule has 5 heteroatoms. The van der Waals surface area contributed by atoms with Gasteiger partial charge in [0.15, 0.2) is 0 Å². The number of hydrogen-bond acceptors (Lipinski definition) is 4. The number of hydrogen-bond donors (Lipinski definition) is 3. The number of aliphatic hydroxyl groups is 2. The summed E-state index contributed by atoms with van der Waals surface area (Å²) in [4.78, 5) is 14.0. The third-order valence-corrected chi connectivity index (χ3v) is 5.92. The van der Waals surface area contributed by atoms with Crippen LogP contribution in [0.5, 0.6) is 0 Å². The van der Waals surface area contributed by atoms with Gasteiger partial charge >= 0.3 is 0 Å². The molecule has 156 valence electrons. The Hall–Kier alpha value is -2.60. The van der Waals surface area contributed by atoms with Crippen LogP contribution in [-0.4, -0.2) is 35.0 Å². The highest BCUT2D eigenvalue weighted by molar-refractivity contribution is 7.98. The van der Waals surface area contributed by atoms with Gasteiger partial charge in [0.1, 0.15) is 6.10 Å². The molecule has 0 bridgehead atoms. The number of thioether (sulfide) groups is 1. The van der Waals surface area contributed by atoms with Gasteiger partial charge in [-0.1, -0.05) is 72.8 Å². The van der Waals surface area contributed by atoms with Gasteiger partial charge in [0, 0.05) is 17.2 Å². The molecule has 0 aliphatic rings. The minimum Gasteiger partial charge on any atom is -0.394 e. The summed E-state index contributed by atoms with van der Waals surface area (Å²) in [7, 11) is 0. The zero-order chi connectivity index (χ0) is 21.3. The summed E-state index contributed by atoms with van der Waals surface area (Å²) in [5.74, 6) is -0.323. The molecule has 0 spiro atoms. The van der Waals surface area contributed by atoms with Crippen LogP contribution in [0.4, 0.5) is 0 Å². The van der Waals surface area contributed by atoms with Crippen LogP contribution in [0.1, 0.15) is 35.1 Å². The van der Waals surface area contributed by atoms with E-state index >= 15 is 0 Å². The first-order valence-corrected chi connectivity index (χ1v) is 11.2. The SMILES string of the molecule is CSc1ccc([C@H](O)[C@H](CO)NC(=O)CC(c2ccccc2)c2ccccc2)cc1. The fourth-order valence-corrected chi connectivity index (χ4v) is 3.92. The van der Waals surface area contributed by atoms with Crippen molar-refractivity contribution >= 4 is 17.7 Å². The summed E-state index contributed by atoms with van der Waals surface area (Å²) >= 11 is 1.62. The van der Waals surface area contributed by atoms with Crippen LogP contribution >= 0.6 is 11.8 Å². The highest BCUT2D eigenvalue weighted by Crippen LogP contribution is 2.28. The average molecular weight is 422 g/mol. The van der Waals surface area contributed by atoms with Crippen molar-refractivity contribution in [3.05, 3.63) is 102 Å². The van der Waals surface area contributed by atoms with Crippen molar-refractivity contribution in [2.45, 2.75) is 29.4 Å². The summed E-state index contributed by atoms with van der Waals surface area (Å²) in [5.41, 5.74) is 2.76. The maximum absolute atomic E-state index is 12.9. The van der Waals surface area contributed by atoms with Crippen LogP contribution < -0.4 is 5.32 Å². The zero-order valence-electron chi connectivity index (χ0n) is 16.9. The van der Waals surface area contributed by atoms with Crippen LogP contribution in [-0.2, 0) is 4.79 Å². The fourth-order valence-electron chi connectivity index (χ4n) is 3.51. The topological polar surface area (TPSA) is 69.6 Å². The van der Waals surface area contributed by atoms with Gasteiger partial charge in [-0.05, 0) is 35.1 Å². The van der Waals surface area contributed by atoms with Crippen molar-refractivity contribution in [2.24, 2.45) is 0 Å². The Morgan fingerprint density at radius 1 is 0.867 bits per heavy atom. The number of nitrogens with one attached hydrogen (secondary N) is 1. The van der Waals surface area contributed by atoms with Crippen molar-refractivity contribution in [3.8, 4) is 0 Å². The monoisotopic (exact) mass is 421 g/mol. The molecular weight excluding hydrogens is 394 g/mol. The molecule has 0 aromatic heterocycles.